The van der Waals surface area contributed by atoms with Gasteiger partial charge in [-0.15, -0.1) is 0 Å². The molecule has 0 aliphatic rings. The Morgan fingerprint density at radius 3 is 2.32 bits per heavy atom. The third-order valence-electron chi connectivity index (χ3n) is 2.46. The summed E-state index contributed by atoms with van der Waals surface area (Å²) in [5, 5.41) is 0. The Hall–Kier alpha value is -1.46. The quantitative estimate of drug-likeness (QED) is 0.612. The molecule has 0 amide bonds. The van der Waals surface area contributed by atoms with Gasteiger partial charge in [0.2, 0.25) is 6.04 Å². The van der Waals surface area contributed by atoms with E-state index in [0.717, 1.165) is 5.56 Å². The van der Waals surface area contributed by atoms with Crippen LogP contribution in [0.2, 0.25) is 0 Å². The SMILES string of the molecule is CCOc1ccc(C([NH3+])C(=O)OC)cc1OCC.[Cl-]. The van der Waals surface area contributed by atoms with Gasteiger partial charge in [0.15, 0.2) is 11.5 Å². The monoisotopic (exact) mass is 289 g/mol. The van der Waals surface area contributed by atoms with E-state index in [1.165, 1.54) is 7.11 Å². The van der Waals surface area contributed by atoms with E-state index in [0.29, 0.717) is 24.7 Å². The molecular weight excluding hydrogens is 270 g/mol. The summed E-state index contributed by atoms with van der Waals surface area (Å²) in [6.07, 6.45) is 0. The predicted octanol–water partition coefficient (Wildman–Crippen LogP) is -2.06. The smallest absolute Gasteiger partial charge is 0.369 e. The molecule has 1 aromatic carbocycles. The third kappa shape index (κ3) is 4.61. The predicted molar refractivity (Wildman–Crippen MR) is 66.4 cm³/mol. The van der Waals surface area contributed by atoms with E-state index in [-0.39, 0.29) is 18.4 Å². The van der Waals surface area contributed by atoms with Gasteiger partial charge in [-0.05, 0) is 32.0 Å². The van der Waals surface area contributed by atoms with Crippen LogP contribution in [0.1, 0.15) is 25.5 Å². The second-order valence-electron chi connectivity index (χ2n) is 3.65. The summed E-state index contributed by atoms with van der Waals surface area (Å²) in [6, 6.07) is 4.78. The Kier molecular flexibility index (Phi) is 7.95. The molecule has 0 radical (unpaired) electrons. The Labute approximate surface area is 119 Å². The molecular formula is C13H20ClNO4. The van der Waals surface area contributed by atoms with E-state index in [1.54, 1.807) is 18.2 Å². The summed E-state index contributed by atoms with van der Waals surface area (Å²) < 4.78 is 15.6. The van der Waals surface area contributed by atoms with Crippen molar-refractivity contribution in [2.75, 3.05) is 20.3 Å². The van der Waals surface area contributed by atoms with Crippen LogP contribution in [0.4, 0.5) is 0 Å². The number of hydrogen-bond acceptors (Lipinski definition) is 4. The molecule has 0 aliphatic carbocycles. The zero-order valence-corrected chi connectivity index (χ0v) is 12.2. The highest BCUT2D eigenvalue weighted by atomic mass is 35.5. The van der Waals surface area contributed by atoms with Crippen LogP contribution in [0.5, 0.6) is 11.5 Å². The topological polar surface area (TPSA) is 72.4 Å². The number of carbonyl (C=O) groups is 1. The van der Waals surface area contributed by atoms with Gasteiger partial charge >= 0.3 is 5.97 Å². The fourth-order valence-corrected chi connectivity index (χ4v) is 1.56. The summed E-state index contributed by atoms with van der Waals surface area (Å²) in [4.78, 5) is 11.4. The van der Waals surface area contributed by atoms with Crippen molar-refractivity contribution in [3.8, 4) is 11.5 Å². The summed E-state index contributed by atoms with van der Waals surface area (Å²) in [5.41, 5.74) is 4.53. The van der Waals surface area contributed by atoms with E-state index in [9.17, 15) is 4.79 Å². The molecule has 0 saturated heterocycles. The van der Waals surface area contributed by atoms with E-state index in [1.807, 2.05) is 13.8 Å². The van der Waals surface area contributed by atoms with Gasteiger partial charge in [0.05, 0.1) is 20.3 Å². The maximum absolute atomic E-state index is 11.4. The lowest BCUT2D eigenvalue weighted by Crippen LogP contribution is -3.00. The molecule has 5 nitrogen and oxygen atoms in total. The molecule has 0 aliphatic heterocycles. The van der Waals surface area contributed by atoms with Crippen LogP contribution in [-0.2, 0) is 9.53 Å². The highest BCUT2D eigenvalue weighted by molar-refractivity contribution is 5.76. The van der Waals surface area contributed by atoms with Crippen molar-refractivity contribution in [3.05, 3.63) is 23.8 Å². The number of methoxy groups -OCH3 is 1. The zero-order valence-electron chi connectivity index (χ0n) is 11.4. The average Bonchev–Trinajstić information content (AvgIpc) is 2.39. The number of hydrogen-bond donors (Lipinski definition) is 1. The number of rotatable bonds is 6. The summed E-state index contributed by atoms with van der Waals surface area (Å²) in [5.74, 6) is 0.913. The van der Waals surface area contributed by atoms with Crippen molar-refractivity contribution < 1.29 is 37.1 Å². The largest absolute Gasteiger partial charge is 1.00 e. The second kappa shape index (κ2) is 8.61. The van der Waals surface area contributed by atoms with Crippen molar-refractivity contribution in [2.45, 2.75) is 19.9 Å². The number of carbonyl (C=O) groups excluding carboxylic acids is 1. The normalized spacial score (nSPS) is 11.2. The van der Waals surface area contributed by atoms with Crippen LogP contribution in [0.25, 0.3) is 0 Å². The second-order valence-corrected chi connectivity index (χ2v) is 3.65. The van der Waals surface area contributed by atoms with Gasteiger partial charge in [0.25, 0.3) is 0 Å². The molecule has 0 aromatic heterocycles. The number of esters is 1. The number of quaternary nitrogens is 1. The summed E-state index contributed by atoms with van der Waals surface area (Å²) in [7, 11) is 1.35. The first kappa shape index (κ1) is 17.5. The fraction of sp³-hybridized carbons (Fsp3) is 0.462. The average molecular weight is 290 g/mol. The van der Waals surface area contributed by atoms with Crippen LogP contribution < -0.4 is 27.6 Å². The van der Waals surface area contributed by atoms with Gasteiger partial charge in [-0.25, -0.2) is 4.79 Å². The maximum Gasteiger partial charge on any atom is 0.369 e. The summed E-state index contributed by atoms with van der Waals surface area (Å²) in [6.45, 7) is 4.89. The third-order valence-corrected chi connectivity index (χ3v) is 2.46. The van der Waals surface area contributed by atoms with Gasteiger partial charge in [0.1, 0.15) is 0 Å². The fourth-order valence-electron chi connectivity index (χ4n) is 1.56. The standard InChI is InChI=1S/C13H19NO4.ClH/c1-4-17-10-7-6-9(8-11(10)18-5-2)12(14)13(15)16-3;/h6-8,12H,4-5,14H2,1-3H3;1H. The van der Waals surface area contributed by atoms with E-state index in [2.05, 4.69) is 10.5 Å². The van der Waals surface area contributed by atoms with Crippen LogP contribution in [0.15, 0.2) is 18.2 Å². The molecule has 1 unspecified atom stereocenters. The van der Waals surface area contributed by atoms with Crippen LogP contribution in [-0.4, -0.2) is 26.3 Å². The van der Waals surface area contributed by atoms with Crippen molar-refractivity contribution in [2.24, 2.45) is 0 Å². The first-order valence-corrected chi connectivity index (χ1v) is 5.94. The van der Waals surface area contributed by atoms with Crippen LogP contribution in [0, 0.1) is 0 Å². The molecule has 19 heavy (non-hydrogen) atoms. The Bertz CT molecular complexity index is 412. The number of halogens is 1. The minimum atomic E-state index is -0.565. The molecule has 0 saturated carbocycles. The number of ether oxygens (including phenoxy) is 3. The molecule has 0 fully saturated rings. The lowest BCUT2D eigenvalue weighted by atomic mass is 10.1. The number of benzene rings is 1. The molecule has 1 atom stereocenters. The molecule has 1 rings (SSSR count). The van der Waals surface area contributed by atoms with Gasteiger partial charge in [-0.3, -0.25) is 0 Å². The van der Waals surface area contributed by atoms with E-state index in [4.69, 9.17) is 9.47 Å². The van der Waals surface area contributed by atoms with Crippen LogP contribution >= 0.6 is 0 Å². The van der Waals surface area contributed by atoms with Crippen LogP contribution in [0.3, 0.4) is 0 Å². The van der Waals surface area contributed by atoms with E-state index >= 15 is 0 Å². The minimum Gasteiger partial charge on any atom is -1.00 e. The van der Waals surface area contributed by atoms with E-state index < -0.39 is 6.04 Å². The summed E-state index contributed by atoms with van der Waals surface area (Å²) >= 11 is 0. The molecule has 108 valence electrons. The molecule has 3 N–H and O–H groups in total. The lowest BCUT2D eigenvalue weighted by Gasteiger charge is -2.13. The lowest BCUT2D eigenvalue weighted by molar-refractivity contribution is -0.414. The Morgan fingerprint density at radius 1 is 1.21 bits per heavy atom. The van der Waals surface area contributed by atoms with Gasteiger partial charge in [0, 0.05) is 5.56 Å². The minimum absolute atomic E-state index is 0. The molecule has 0 bridgehead atoms. The molecule has 1 aromatic rings. The Morgan fingerprint density at radius 2 is 1.79 bits per heavy atom. The van der Waals surface area contributed by atoms with Gasteiger partial charge < -0.3 is 32.4 Å². The molecule has 0 spiro atoms. The maximum atomic E-state index is 11.4. The van der Waals surface area contributed by atoms with Crippen molar-refractivity contribution in [1.29, 1.82) is 0 Å². The zero-order chi connectivity index (χ0) is 13.5. The highest BCUT2D eigenvalue weighted by Crippen LogP contribution is 2.30. The first-order chi connectivity index (χ1) is 8.63. The van der Waals surface area contributed by atoms with Gasteiger partial charge in [-0.2, -0.15) is 0 Å². The Balaban J connectivity index is 0.00000324. The van der Waals surface area contributed by atoms with Crippen molar-refractivity contribution in [1.82, 2.24) is 0 Å². The van der Waals surface area contributed by atoms with Gasteiger partial charge in [-0.1, -0.05) is 0 Å². The van der Waals surface area contributed by atoms with Crippen molar-refractivity contribution >= 4 is 5.97 Å². The van der Waals surface area contributed by atoms with Crippen molar-refractivity contribution in [3.63, 3.8) is 0 Å². The highest BCUT2D eigenvalue weighted by Gasteiger charge is 2.21. The molecule has 6 heteroatoms. The first-order valence-electron chi connectivity index (χ1n) is 5.94. The molecule has 0 heterocycles.